The highest BCUT2D eigenvalue weighted by molar-refractivity contribution is 5.95. The predicted molar refractivity (Wildman–Crippen MR) is 62.2 cm³/mol. The second-order valence-electron chi connectivity index (χ2n) is 4.11. The summed E-state index contributed by atoms with van der Waals surface area (Å²) >= 11 is 0. The molecular formula is C12H15NO4. The first-order chi connectivity index (χ1) is 7.85. The number of carbonyl (C=O) groups excluding carboxylic acids is 1. The lowest BCUT2D eigenvalue weighted by molar-refractivity contribution is -0.153. The number of likely N-dealkylation sites (N-methyl/N-ethyl adjacent to an activating group) is 1. The van der Waals surface area contributed by atoms with Crippen LogP contribution in [0.25, 0.3) is 6.08 Å². The van der Waals surface area contributed by atoms with Crippen molar-refractivity contribution in [2.24, 2.45) is 0 Å². The van der Waals surface area contributed by atoms with Gasteiger partial charge in [0.15, 0.2) is 0 Å². The summed E-state index contributed by atoms with van der Waals surface area (Å²) in [7, 11) is 1.45. The van der Waals surface area contributed by atoms with Crippen LogP contribution < -0.4 is 0 Å². The molecule has 0 saturated heterocycles. The third-order valence-corrected chi connectivity index (χ3v) is 2.63. The minimum atomic E-state index is -1.25. The molecule has 1 aromatic heterocycles. The molecule has 1 amide bonds. The number of aliphatic carboxylic acids is 1. The van der Waals surface area contributed by atoms with Gasteiger partial charge in [0.1, 0.15) is 11.3 Å². The minimum Gasteiger partial charge on any atom is -0.480 e. The topological polar surface area (TPSA) is 70.8 Å². The molecule has 92 valence electrons. The molecular weight excluding hydrogens is 222 g/mol. The normalized spacial score (nSPS) is 11.7. The predicted octanol–water partition coefficient (Wildman–Crippen LogP) is 1.61. The van der Waals surface area contributed by atoms with Crippen molar-refractivity contribution in [2.75, 3.05) is 7.05 Å². The van der Waals surface area contributed by atoms with Crippen LogP contribution in [0.5, 0.6) is 0 Å². The molecule has 1 N–H and O–H groups in total. The van der Waals surface area contributed by atoms with Crippen LogP contribution in [0.1, 0.15) is 19.6 Å². The average molecular weight is 237 g/mol. The fraction of sp³-hybridized carbons (Fsp3) is 0.333. The molecule has 0 fully saturated rings. The lowest BCUT2D eigenvalue weighted by Crippen LogP contribution is -2.50. The van der Waals surface area contributed by atoms with Gasteiger partial charge >= 0.3 is 5.97 Å². The van der Waals surface area contributed by atoms with Crippen LogP contribution in [0.2, 0.25) is 0 Å². The summed E-state index contributed by atoms with van der Waals surface area (Å²) in [6.45, 7) is 2.93. The number of furan rings is 1. The van der Waals surface area contributed by atoms with E-state index in [1.165, 1.54) is 39.3 Å². The number of carboxylic acids is 1. The molecule has 0 atom stereocenters. The van der Waals surface area contributed by atoms with Gasteiger partial charge < -0.3 is 14.4 Å². The van der Waals surface area contributed by atoms with Crippen LogP contribution in [-0.2, 0) is 9.59 Å². The molecule has 0 aromatic carbocycles. The fourth-order valence-electron chi connectivity index (χ4n) is 1.07. The van der Waals surface area contributed by atoms with E-state index in [9.17, 15) is 9.59 Å². The zero-order valence-electron chi connectivity index (χ0n) is 10.0. The van der Waals surface area contributed by atoms with Gasteiger partial charge in [0, 0.05) is 13.1 Å². The molecule has 17 heavy (non-hydrogen) atoms. The van der Waals surface area contributed by atoms with Crippen molar-refractivity contribution in [3.8, 4) is 0 Å². The molecule has 0 aliphatic heterocycles. The third-order valence-electron chi connectivity index (χ3n) is 2.63. The van der Waals surface area contributed by atoms with Crippen LogP contribution in [0.4, 0.5) is 0 Å². The van der Waals surface area contributed by atoms with Crippen molar-refractivity contribution < 1.29 is 19.1 Å². The van der Waals surface area contributed by atoms with Gasteiger partial charge in [-0.15, -0.1) is 0 Å². The summed E-state index contributed by atoms with van der Waals surface area (Å²) in [5, 5.41) is 8.98. The van der Waals surface area contributed by atoms with E-state index in [2.05, 4.69) is 0 Å². The number of rotatable bonds is 4. The van der Waals surface area contributed by atoms with Crippen molar-refractivity contribution in [3.63, 3.8) is 0 Å². The number of nitrogens with zero attached hydrogens (tertiary/aromatic N) is 1. The maximum absolute atomic E-state index is 11.7. The number of amides is 1. The van der Waals surface area contributed by atoms with Gasteiger partial charge in [0.25, 0.3) is 0 Å². The van der Waals surface area contributed by atoms with Gasteiger partial charge in [0.2, 0.25) is 5.91 Å². The molecule has 0 radical (unpaired) electrons. The Balaban J connectivity index is 2.74. The Morgan fingerprint density at radius 3 is 2.59 bits per heavy atom. The lowest BCUT2D eigenvalue weighted by atomic mass is 10.0. The van der Waals surface area contributed by atoms with Gasteiger partial charge in [-0.2, -0.15) is 0 Å². The maximum atomic E-state index is 11.7. The summed E-state index contributed by atoms with van der Waals surface area (Å²) in [5.74, 6) is -0.909. The first-order valence-electron chi connectivity index (χ1n) is 5.08. The molecule has 5 heteroatoms. The van der Waals surface area contributed by atoms with E-state index in [0.717, 1.165) is 4.90 Å². The SMILES string of the molecule is CN(C(=O)C=Cc1ccco1)C(C)(C)C(=O)O. The largest absolute Gasteiger partial charge is 0.480 e. The van der Waals surface area contributed by atoms with Gasteiger partial charge in [0.05, 0.1) is 6.26 Å². The molecule has 0 aliphatic carbocycles. The Kier molecular flexibility index (Phi) is 3.73. The standard InChI is InChI=1S/C12H15NO4/c1-12(2,11(15)16)13(3)10(14)7-6-9-5-4-8-17-9/h4-8H,1-3H3,(H,15,16). The Morgan fingerprint density at radius 2 is 2.12 bits per heavy atom. The summed E-state index contributed by atoms with van der Waals surface area (Å²) in [5.41, 5.74) is -1.25. The summed E-state index contributed by atoms with van der Waals surface area (Å²) in [6, 6.07) is 3.40. The highest BCUT2D eigenvalue weighted by Gasteiger charge is 2.34. The maximum Gasteiger partial charge on any atom is 0.329 e. The van der Waals surface area contributed by atoms with Gasteiger partial charge in [-0.1, -0.05) is 0 Å². The third kappa shape index (κ3) is 2.96. The molecule has 1 aromatic rings. The Bertz CT molecular complexity index is 431. The van der Waals surface area contributed by atoms with Crippen LogP contribution in [-0.4, -0.2) is 34.5 Å². The molecule has 0 saturated carbocycles. The van der Waals surface area contributed by atoms with E-state index in [4.69, 9.17) is 9.52 Å². The van der Waals surface area contributed by atoms with Crippen molar-refractivity contribution in [1.82, 2.24) is 4.90 Å². The number of hydrogen-bond donors (Lipinski definition) is 1. The zero-order valence-corrected chi connectivity index (χ0v) is 10.0. The van der Waals surface area contributed by atoms with Gasteiger partial charge in [-0.25, -0.2) is 4.79 Å². The van der Waals surface area contributed by atoms with Crippen molar-refractivity contribution in [1.29, 1.82) is 0 Å². The van der Waals surface area contributed by atoms with Crippen LogP contribution in [0, 0.1) is 0 Å². The minimum absolute atomic E-state index is 0.395. The van der Waals surface area contributed by atoms with Crippen LogP contribution in [0.15, 0.2) is 28.9 Å². The first kappa shape index (κ1) is 13.0. The second kappa shape index (κ2) is 4.86. The molecule has 1 rings (SSSR count). The smallest absolute Gasteiger partial charge is 0.329 e. The Labute approximate surface area is 99.3 Å². The Hall–Kier alpha value is -2.04. The average Bonchev–Trinajstić information content (AvgIpc) is 2.77. The van der Waals surface area contributed by atoms with Crippen molar-refractivity contribution in [3.05, 3.63) is 30.2 Å². The van der Waals surface area contributed by atoms with Crippen molar-refractivity contribution >= 4 is 18.0 Å². The number of carboxylic acid groups (broad SMARTS) is 1. The van der Waals surface area contributed by atoms with Gasteiger partial charge in [-0.3, -0.25) is 4.79 Å². The molecule has 1 heterocycles. The Morgan fingerprint density at radius 1 is 1.47 bits per heavy atom. The van der Waals surface area contributed by atoms with Crippen LogP contribution >= 0.6 is 0 Å². The molecule has 0 unspecified atom stereocenters. The monoisotopic (exact) mass is 237 g/mol. The quantitative estimate of drug-likeness (QED) is 0.808. The molecule has 0 bridgehead atoms. The zero-order chi connectivity index (χ0) is 13.1. The summed E-state index contributed by atoms with van der Waals surface area (Å²) < 4.78 is 5.02. The highest BCUT2D eigenvalue weighted by atomic mass is 16.4. The molecule has 0 aliphatic rings. The highest BCUT2D eigenvalue weighted by Crippen LogP contribution is 2.13. The summed E-state index contributed by atoms with van der Waals surface area (Å²) in [6.07, 6.45) is 4.27. The second-order valence-corrected chi connectivity index (χ2v) is 4.11. The fourth-order valence-corrected chi connectivity index (χ4v) is 1.07. The van der Waals surface area contributed by atoms with E-state index in [-0.39, 0.29) is 0 Å². The molecule has 0 spiro atoms. The first-order valence-corrected chi connectivity index (χ1v) is 5.08. The van der Waals surface area contributed by atoms with Crippen molar-refractivity contribution in [2.45, 2.75) is 19.4 Å². The number of carbonyl (C=O) groups is 2. The molecule has 5 nitrogen and oxygen atoms in total. The van der Waals surface area contributed by atoms with E-state index in [1.807, 2.05) is 0 Å². The van der Waals surface area contributed by atoms with Gasteiger partial charge in [-0.05, 0) is 32.1 Å². The van der Waals surface area contributed by atoms with Crippen LogP contribution in [0.3, 0.4) is 0 Å². The van der Waals surface area contributed by atoms with E-state index in [0.29, 0.717) is 5.76 Å². The van der Waals surface area contributed by atoms with E-state index < -0.39 is 17.4 Å². The number of hydrogen-bond acceptors (Lipinski definition) is 3. The summed E-state index contributed by atoms with van der Waals surface area (Å²) in [4.78, 5) is 23.8. The van der Waals surface area contributed by atoms with E-state index in [1.54, 1.807) is 12.1 Å². The lowest BCUT2D eigenvalue weighted by Gasteiger charge is -2.30. The van der Waals surface area contributed by atoms with E-state index >= 15 is 0 Å².